The molecule has 0 aliphatic carbocycles. The molecule has 1 heterocycles. The van der Waals surface area contributed by atoms with Crippen LogP contribution in [-0.2, 0) is 13.6 Å². The number of rotatable bonds is 6. The molecule has 1 atom stereocenters. The summed E-state index contributed by atoms with van der Waals surface area (Å²) in [6.07, 6.45) is 3.97. The Morgan fingerprint density at radius 3 is 2.48 bits per heavy atom. The molecule has 2 rings (SSSR count). The molecule has 25 heavy (non-hydrogen) atoms. The van der Waals surface area contributed by atoms with Gasteiger partial charge in [-0.3, -0.25) is 9.67 Å². The van der Waals surface area contributed by atoms with Crippen molar-refractivity contribution >= 4 is 21.9 Å². The molecule has 0 aliphatic rings. The summed E-state index contributed by atoms with van der Waals surface area (Å²) in [5, 5.41) is 7.76. The van der Waals surface area contributed by atoms with Crippen molar-refractivity contribution in [3.05, 3.63) is 52.3 Å². The van der Waals surface area contributed by atoms with Crippen molar-refractivity contribution in [1.29, 1.82) is 0 Å². The number of hydrogen-bond acceptors (Lipinski definition) is 3. The van der Waals surface area contributed by atoms with Gasteiger partial charge in [0.2, 0.25) is 0 Å². The van der Waals surface area contributed by atoms with Crippen LogP contribution in [0.2, 0.25) is 0 Å². The molecule has 6 nitrogen and oxygen atoms in total. The van der Waals surface area contributed by atoms with Crippen LogP contribution < -0.4 is 5.32 Å². The van der Waals surface area contributed by atoms with Crippen LogP contribution in [0, 0.1) is 0 Å². The minimum Gasteiger partial charge on any atom is -0.354 e. The molecule has 0 amide bonds. The fraction of sp³-hybridized carbons (Fsp3) is 0.444. The summed E-state index contributed by atoms with van der Waals surface area (Å²) in [7, 11) is 9.96. The van der Waals surface area contributed by atoms with Crippen LogP contribution in [-0.4, -0.2) is 60.3 Å². The van der Waals surface area contributed by atoms with Gasteiger partial charge in [-0.05, 0) is 31.8 Å². The van der Waals surface area contributed by atoms with Crippen LogP contribution in [0.4, 0.5) is 0 Å². The number of nitrogens with one attached hydrogen (secondary N) is 1. The third-order valence-corrected chi connectivity index (χ3v) is 4.62. The zero-order valence-electron chi connectivity index (χ0n) is 15.6. The Balaban J connectivity index is 1.99. The minimum absolute atomic E-state index is 0.228. The van der Waals surface area contributed by atoms with Crippen LogP contribution in [0.5, 0.6) is 0 Å². The molecule has 0 radical (unpaired) electrons. The maximum absolute atomic E-state index is 4.41. The normalized spacial score (nSPS) is 13.2. The van der Waals surface area contributed by atoms with E-state index in [0.717, 1.165) is 23.5 Å². The van der Waals surface area contributed by atoms with Gasteiger partial charge in [-0.25, -0.2) is 0 Å². The number of nitrogens with zero attached hydrogens (tertiary/aromatic N) is 5. The van der Waals surface area contributed by atoms with E-state index in [-0.39, 0.29) is 6.04 Å². The lowest BCUT2D eigenvalue weighted by molar-refractivity contribution is 0.295. The Bertz CT molecular complexity index is 692. The molecule has 1 unspecified atom stereocenters. The lowest BCUT2D eigenvalue weighted by Gasteiger charge is -2.27. The standard InChI is InChI=1S/C18H27BrN6/c1-20-18(24(4)12-14-6-8-16(19)9-7-14)21-11-17(23(2)3)15-10-22-25(5)13-15/h6-10,13,17H,11-12H2,1-5H3,(H,20,21). The fourth-order valence-corrected chi connectivity index (χ4v) is 2.99. The van der Waals surface area contributed by atoms with Gasteiger partial charge in [0.15, 0.2) is 5.96 Å². The first-order valence-corrected chi connectivity index (χ1v) is 9.01. The zero-order chi connectivity index (χ0) is 18.4. The number of halogens is 1. The summed E-state index contributed by atoms with van der Waals surface area (Å²) < 4.78 is 2.92. The molecule has 0 aliphatic heterocycles. The lowest BCUT2D eigenvalue weighted by Crippen LogP contribution is -2.42. The molecular weight excluding hydrogens is 380 g/mol. The first kappa shape index (κ1) is 19.5. The van der Waals surface area contributed by atoms with E-state index in [1.165, 1.54) is 11.1 Å². The minimum atomic E-state index is 0.228. The highest BCUT2D eigenvalue weighted by Crippen LogP contribution is 2.16. The van der Waals surface area contributed by atoms with Crippen LogP contribution in [0.1, 0.15) is 17.2 Å². The van der Waals surface area contributed by atoms with Gasteiger partial charge in [-0.1, -0.05) is 28.1 Å². The fourth-order valence-electron chi connectivity index (χ4n) is 2.72. The van der Waals surface area contributed by atoms with Gasteiger partial charge in [0.25, 0.3) is 0 Å². The average molecular weight is 407 g/mol. The molecule has 1 aromatic carbocycles. The van der Waals surface area contributed by atoms with E-state index in [2.05, 4.69) is 85.7 Å². The average Bonchev–Trinajstić information content (AvgIpc) is 2.99. The number of likely N-dealkylation sites (N-methyl/N-ethyl adjacent to an activating group) is 1. The highest BCUT2D eigenvalue weighted by atomic mass is 79.9. The van der Waals surface area contributed by atoms with Gasteiger partial charge >= 0.3 is 0 Å². The largest absolute Gasteiger partial charge is 0.354 e. The quantitative estimate of drug-likeness (QED) is 0.591. The number of aromatic nitrogens is 2. The summed E-state index contributed by atoms with van der Waals surface area (Å²) in [4.78, 5) is 8.73. The first-order chi connectivity index (χ1) is 11.9. The first-order valence-electron chi connectivity index (χ1n) is 8.22. The Hall–Kier alpha value is -1.86. The van der Waals surface area contributed by atoms with Crippen molar-refractivity contribution in [3.8, 4) is 0 Å². The van der Waals surface area contributed by atoms with E-state index in [1.54, 1.807) is 0 Å². The number of aliphatic imine (C=N–C) groups is 1. The van der Waals surface area contributed by atoms with Gasteiger partial charge in [0, 0.05) is 50.5 Å². The predicted molar refractivity (Wildman–Crippen MR) is 107 cm³/mol. The van der Waals surface area contributed by atoms with E-state index in [4.69, 9.17) is 0 Å². The Labute approximate surface area is 158 Å². The monoisotopic (exact) mass is 406 g/mol. The van der Waals surface area contributed by atoms with Gasteiger partial charge < -0.3 is 15.1 Å². The number of guanidine groups is 1. The SMILES string of the molecule is CN=C(NCC(c1cnn(C)c1)N(C)C)N(C)Cc1ccc(Br)cc1. The van der Waals surface area contributed by atoms with Gasteiger partial charge in [0.1, 0.15) is 0 Å². The lowest BCUT2D eigenvalue weighted by atomic mass is 10.1. The maximum Gasteiger partial charge on any atom is 0.193 e. The molecule has 0 bridgehead atoms. The number of benzene rings is 1. The van der Waals surface area contributed by atoms with Crippen LogP contribution in [0.3, 0.4) is 0 Å². The maximum atomic E-state index is 4.41. The molecule has 1 N–H and O–H groups in total. The molecule has 0 saturated carbocycles. The van der Waals surface area contributed by atoms with Crippen molar-refractivity contribution in [1.82, 2.24) is 24.9 Å². The van der Waals surface area contributed by atoms with E-state index in [9.17, 15) is 0 Å². The summed E-state index contributed by atoms with van der Waals surface area (Å²) >= 11 is 3.47. The highest BCUT2D eigenvalue weighted by Gasteiger charge is 2.17. The Morgan fingerprint density at radius 1 is 1.28 bits per heavy atom. The molecule has 0 spiro atoms. The molecule has 136 valence electrons. The molecular formula is C18H27BrN6. The van der Waals surface area contributed by atoms with Gasteiger partial charge in [0.05, 0.1) is 12.2 Å². The van der Waals surface area contributed by atoms with Crippen molar-refractivity contribution in [2.45, 2.75) is 12.6 Å². The third kappa shape index (κ3) is 5.57. The molecule has 1 aromatic heterocycles. The predicted octanol–water partition coefficient (Wildman–Crippen LogP) is 2.49. The van der Waals surface area contributed by atoms with Gasteiger partial charge in [-0.2, -0.15) is 5.10 Å². The summed E-state index contributed by atoms with van der Waals surface area (Å²) in [6, 6.07) is 8.58. The molecule has 2 aromatic rings. The second kappa shape index (κ2) is 9.01. The van der Waals surface area contributed by atoms with Crippen molar-refractivity contribution in [3.63, 3.8) is 0 Å². The van der Waals surface area contributed by atoms with Crippen molar-refractivity contribution in [2.75, 3.05) is 34.7 Å². The van der Waals surface area contributed by atoms with Crippen LogP contribution >= 0.6 is 15.9 Å². The van der Waals surface area contributed by atoms with E-state index >= 15 is 0 Å². The summed E-state index contributed by atoms with van der Waals surface area (Å²) in [6.45, 7) is 1.56. The Kier molecular flexibility index (Phi) is 7.01. The molecule has 7 heteroatoms. The van der Waals surface area contributed by atoms with Crippen molar-refractivity contribution < 1.29 is 0 Å². The summed E-state index contributed by atoms with van der Waals surface area (Å²) in [5.41, 5.74) is 2.43. The van der Waals surface area contributed by atoms with Crippen LogP contribution in [0.15, 0.2) is 46.1 Å². The van der Waals surface area contributed by atoms with Crippen molar-refractivity contribution in [2.24, 2.45) is 12.0 Å². The van der Waals surface area contributed by atoms with E-state index in [1.807, 2.05) is 32.0 Å². The zero-order valence-corrected chi connectivity index (χ0v) is 17.2. The summed E-state index contributed by atoms with van der Waals surface area (Å²) in [5.74, 6) is 0.874. The topological polar surface area (TPSA) is 48.7 Å². The smallest absolute Gasteiger partial charge is 0.193 e. The van der Waals surface area contributed by atoms with Gasteiger partial charge in [-0.15, -0.1) is 0 Å². The second-order valence-electron chi connectivity index (χ2n) is 6.34. The van der Waals surface area contributed by atoms with E-state index in [0.29, 0.717) is 0 Å². The molecule has 0 saturated heterocycles. The number of hydrogen-bond donors (Lipinski definition) is 1. The second-order valence-corrected chi connectivity index (χ2v) is 7.25. The van der Waals surface area contributed by atoms with Crippen LogP contribution in [0.25, 0.3) is 0 Å². The number of aryl methyl sites for hydroxylation is 1. The highest BCUT2D eigenvalue weighted by molar-refractivity contribution is 9.10. The molecule has 0 fully saturated rings. The Morgan fingerprint density at radius 2 is 1.96 bits per heavy atom. The third-order valence-electron chi connectivity index (χ3n) is 4.09. The van der Waals surface area contributed by atoms with E-state index < -0.39 is 0 Å².